The predicted octanol–water partition coefficient (Wildman–Crippen LogP) is 4.15. The molecule has 0 unspecified atom stereocenters. The molecule has 0 saturated heterocycles. The van der Waals surface area contributed by atoms with Gasteiger partial charge in [0.1, 0.15) is 11.6 Å². The molecule has 0 aliphatic rings. The molecule has 0 fully saturated rings. The van der Waals surface area contributed by atoms with E-state index in [9.17, 15) is 13.6 Å². The molecule has 0 heterocycles. The number of halogens is 3. The molecule has 0 radical (unpaired) electrons. The van der Waals surface area contributed by atoms with E-state index in [0.29, 0.717) is 15.6 Å². The van der Waals surface area contributed by atoms with E-state index < -0.39 is 0 Å². The van der Waals surface area contributed by atoms with Crippen LogP contribution in [0.25, 0.3) is 0 Å². The number of rotatable bonds is 3. The molecular weight excluding hydrogens is 302 g/mol. The van der Waals surface area contributed by atoms with Crippen LogP contribution in [0.5, 0.6) is 0 Å². The van der Waals surface area contributed by atoms with E-state index in [1.807, 2.05) is 0 Å². The largest absolute Gasteiger partial charge is 0.294 e. The van der Waals surface area contributed by atoms with Gasteiger partial charge in [0.15, 0.2) is 5.78 Å². The van der Waals surface area contributed by atoms with Gasteiger partial charge < -0.3 is 0 Å². The van der Waals surface area contributed by atoms with Gasteiger partial charge in [-0.2, -0.15) is 0 Å². The van der Waals surface area contributed by atoms with Crippen LogP contribution in [0.1, 0.15) is 15.9 Å². The van der Waals surface area contributed by atoms with E-state index in [1.54, 1.807) is 6.07 Å². The van der Waals surface area contributed by atoms with Crippen LogP contribution in [-0.4, -0.2) is 5.78 Å². The third-order valence-electron chi connectivity index (χ3n) is 2.53. The van der Waals surface area contributed by atoms with Crippen molar-refractivity contribution < 1.29 is 13.6 Å². The van der Waals surface area contributed by atoms with Crippen LogP contribution in [0.15, 0.2) is 46.9 Å². The number of carbonyl (C=O) groups excluding carboxylic acids is 1. The lowest BCUT2D eigenvalue weighted by Crippen LogP contribution is -2.04. The molecule has 0 aromatic heterocycles. The molecule has 0 atom stereocenters. The molecule has 2 rings (SSSR count). The summed E-state index contributed by atoms with van der Waals surface area (Å²) in [6.07, 6.45) is 0.145. The number of hydrogen-bond acceptors (Lipinski definition) is 1. The van der Waals surface area contributed by atoms with E-state index >= 15 is 0 Å². The van der Waals surface area contributed by atoms with Crippen molar-refractivity contribution in [2.75, 3.05) is 0 Å². The molecule has 0 amide bonds. The van der Waals surface area contributed by atoms with Gasteiger partial charge in [-0.15, -0.1) is 0 Å². The first-order valence-electron chi connectivity index (χ1n) is 5.29. The van der Waals surface area contributed by atoms with Gasteiger partial charge >= 0.3 is 0 Å². The number of carbonyl (C=O) groups is 1. The van der Waals surface area contributed by atoms with E-state index in [-0.39, 0.29) is 23.8 Å². The van der Waals surface area contributed by atoms with Crippen LogP contribution in [-0.2, 0) is 6.42 Å². The van der Waals surface area contributed by atoms with Gasteiger partial charge in [0.25, 0.3) is 0 Å². The van der Waals surface area contributed by atoms with Gasteiger partial charge in [-0.1, -0.05) is 22.0 Å². The fourth-order valence-corrected chi connectivity index (χ4v) is 2.07. The van der Waals surface area contributed by atoms with Crippen LogP contribution < -0.4 is 0 Å². The summed E-state index contributed by atoms with van der Waals surface area (Å²) in [5, 5.41) is 0. The number of hydrogen-bond donors (Lipinski definition) is 0. The van der Waals surface area contributed by atoms with E-state index in [4.69, 9.17) is 0 Å². The van der Waals surface area contributed by atoms with Crippen LogP contribution in [0.2, 0.25) is 0 Å². The normalized spacial score (nSPS) is 10.4. The van der Waals surface area contributed by atoms with E-state index in [1.165, 1.54) is 36.4 Å². The van der Waals surface area contributed by atoms with Gasteiger partial charge in [-0.3, -0.25) is 4.79 Å². The summed E-state index contributed by atoms with van der Waals surface area (Å²) >= 11 is 3.21. The number of benzene rings is 2. The van der Waals surface area contributed by atoms with Gasteiger partial charge in [-0.25, -0.2) is 8.78 Å². The van der Waals surface area contributed by atoms with Gasteiger partial charge in [0, 0.05) is 16.5 Å². The second-order valence-corrected chi connectivity index (χ2v) is 4.70. The molecule has 0 aliphatic heterocycles. The van der Waals surface area contributed by atoms with Crippen molar-refractivity contribution in [1.82, 2.24) is 0 Å². The first-order chi connectivity index (χ1) is 8.56. The monoisotopic (exact) mass is 310 g/mol. The first kappa shape index (κ1) is 12.9. The van der Waals surface area contributed by atoms with Crippen LogP contribution >= 0.6 is 15.9 Å². The quantitative estimate of drug-likeness (QED) is 0.778. The third kappa shape index (κ3) is 3.01. The molecule has 0 N–H and O–H groups in total. The van der Waals surface area contributed by atoms with Crippen molar-refractivity contribution in [2.24, 2.45) is 0 Å². The zero-order chi connectivity index (χ0) is 13.1. The molecular formula is C14H9BrF2O. The van der Waals surface area contributed by atoms with Crippen molar-refractivity contribution in [1.29, 1.82) is 0 Å². The highest BCUT2D eigenvalue weighted by Crippen LogP contribution is 2.20. The Balaban J connectivity index is 2.18. The Labute approximate surface area is 112 Å². The van der Waals surface area contributed by atoms with Crippen LogP contribution in [0.4, 0.5) is 8.78 Å². The maximum atomic E-state index is 12.9. The summed E-state index contributed by atoms with van der Waals surface area (Å²) in [5.74, 6) is -0.878. The van der Waals surface area contributed by atoms with E-state index in [0.717, 1.165) is 0 Å². The first-order valence-corrected chi connectivity index (χ1v) is 6.08. The minimum atomic E-state index is -0.380. The van der Waals surface area contributed by atoms with Gasteiger partial charge in [0.2, 0.25) is 0 Å². The molecule has 0 spiro atoms. The molecule has 18 heavy (non-hydrogen) atoms. The average molecular weight is 311 g/mol. The SMILES string of the molecule is O=C(Cc1ccc(F)cc1Br)c1ccc(F)cc1. The number of Topliss-reactive ketones (excluding diaryl/α,β-unsaturated/α-hetero) is 1. The predicted molar refractivity (Wildman–Crippen MR) is 68.5 cm³/mol. The average Bonchev–Trinajstić information content (AvgIpc) is 2.33. The van der Waals surface area contributed by atoms with Crippen molar-refractivity contribution in [2.45, 2.75) is 6.42 Å². The topological polar surface area (TPSA) is 17.1 Å². The standard InChI is InChI=1S/C14H9BrF2O/c15-13-8-12(17)6-3-10(13)7-14(18)9-1-4-11(16)5-2-9/h1-6,8H,7H2. The highest BCUT2D eigenvalue weighted by Gasteiger charge is 2.10. The van der Waals surface area contributed by atoms with Gasteiger partial charge in [-0.05, 0) is 42.0 Å². The molecule has 0 saturated carbocycles. The Morgan fingerprint density at radius 1 is 1.00 bits per heavy atom. The minimum absolute atomic E-state index is 0.137. The Kier molecular flexibility index (Phi) is 3.87. The fourth-order valence-electron chi connectivity index (χ4n) is 1.58. The zero-order valence-corrected chi connectivity index (χ0v) is 10.9. The van der Waals surface area contributed by atoms with Crippen LogP contribution in [0.3, 0.4) is 0 Å². The number of ketones is 1. The van der Waals surface area contributed by atoms with E-state index in [2.05, 4.69) is 15.9 Å². The highest BCUT2D eigenvalue weighted by molar-refractivity contribution is 9.10. The Morgan fingerprint density at radius 3 is 2.22 bits per heavy atom. The lowest BCUT2D eigenvalue weighted by atomic mass is 10.0. The summed E-state index contributed by atoms with van der Waals surface area (Å²) in [5.41, 5.74) is 1.14. The molecule has 4 heteroatoms. The van der Waals surface area contributed by atoms with Crippen molar-refractivity contribution in [3.63, 3.8) is 0 Å². The molecule has 1 nitrogen and oxygen atoms in total. The smallest absolute Gasteiger partial charge is 0.167 e. The Morgan fingerprint density at radius 2 is 1.61 bits per heavy atom. The molecule has 0 aliphatic carbocycles. The zero-order valence-electron chi connectivity index (χ0n) is 9.29. The van der Waals surface area contributed by atoms with Crippen LogP contribution in [0, 0.1) is 11.6 Å². The fraction of sp³-hybridized carbons (Fsp3) is 0.0714. The minimum Gasteiger partial charge on any atom is -0.294 e. The molecule has 0 bridgehead atoms. The second-order valence-electron chi connectivity index (χ2n) is 3.84. The lowest BCUT2D eigenvalue weighted by molar-refractivity contribution is 0.0992. The summed E-state index contributed by atoms with van der Waals surface area (Å²) < 4.78 is 26.2. The molecule has 2 aromatic carbocycles. The second kappa shape index (κ2) is 5.40. The molecule has 2 aromatic rings. The summed E-state index contributed by atoms with van der Waals surface area (Å²) in [6, 6.07) is 9.54. The molecule has 92 valence electrons. The van der Waals surface area contributed by atoms with Crippen molar-refractivity contribution in [3.05, 3.63) is 69.7 Å². The Hall–Kier alpha value is -1.55. The highest BCUT2D eigenvalue weighted by atomic mass is 79.9. The summed E-state index contributed by atoms with van der Waals surface area (Å²) in [7, 11) is 0. The van der Waals surface area contributed by atoms with Gasteiger partial charge in [0.05, 0.1) is 0 Å². The van der Waals surface area contributed by atoms with Crippen molar-refractivity contribution in [3.8, 4) is 0 Å². The third-order valence-corrected chi connectivity index (χ3v) is 3.27. The Bertz CT molecular complexity index is 579. The maximum absolute atomic E-state index is 12.9. The lowest BCUT2D eigenvalue weighted by Gasteiger charge is -2.04. The summed E-state index contributed by atoms with van der Waals surface area (Å²) in [4.78, 5) is 11.9. The summed E-state index contributed by atoms with van der Waals surface area (Å²) in [6.45, 7) is 0. The maximum Gasteiger partial charge on any atom is 0.167 e. The van der Waals surface area contributed by atoms with Crippen molar-refractivity contribution >= 4 is 21.7 Å².